The molecule has 81 valence electrons. The minimum atomic E-state index is 0.00918. The summed E-state index contributed by atoms with van der Waals surface area (Å²) in [5.41, 5.74) is 0.672. The summed E-state index contributed by atoms with van der Waals surface area (Å²) in [6.45, 7) is 3.88. The summed E-state index contributed by atoms with van der Waals surface area (Å²) >= 11 is 0. The van der Waals surface area contributed by atoms with Gasteiger partial charge in [0.25, 0.3) is 0 Å². The molecule has 0 heterocycles. The normalized spacial score (nSPS) is 11.9. The third-order valence-corrected chi connectivity index (χ3v) is 2.36. The molecule has 0 aliphatic carbocycles. The third kappa shape index (κ3) is 2.98. The predicted molar refractivity (Wildman–Crippen MR) is 59.9 cm³/mol. The summed E-state index contributed by atoms with van der Waals surface area (Å²) in [4.78, 5) is 11.6. The van der Waals surface area contributed by atoms with Gasteiger partial charge in [-0.25, -0.2) is 0 Å². The van der Waals surface area contributed by atoms with E-state index in [0.29, 0.717) is 11.4 Å². The maximum absolute atomic E-state index is 11.6. The second-order valence-electron chi connectivity index (χ2n) is 3.42. The number of hydrogen-bond acceptors (Lipinski definition) is 2. The SMILES string of the molecule is CCC(C)C(=O)Nc1c[c]ccc1OC. The Morgan fingerprint density at radius 2 is 2.40 bits per heavy atom. The Morgan fingerprint density at radius 3 is 3.00 bits per heavy atom. The van der Waals surface area contributed by atoms with Gasteiger partial charge in [0.05, 0.1) is 12.8 Å². The van der Waals surface area contributed by atoms with Crippen molar-refractivity contribution >= 4 is 11.6 Å². The van der Waals surface area contributed by atoms with Crippen molar-refractivity contribution in [3.8, 4) is 5.75 Å². The predicted octanol–water partition coefficient (Wildman–Crippen LogP) is 2.48. The van der Waals surface area contributed by atoms with E-state index >= 15 is 0 Å². The molecule has 3 nitrogen and oxygen atoms in total. The average molecular weight is 206 g/mol. The molecule has 1 atom stereocenters. The summed E-state index contributed by atoms with van der Waals surface area (Å²) in [6.07, 6.45) is 0.824. The minimum absolute atomic E-state index is 0.00918. The molecular weight excluding hydrogens is 190 g/mol. The van der Waals surface area contributed by atoms with Crippen LogP contribution in [0.1, 0.15) is 20.3 Å². The topological polar surface area (TPSA) is 38.3 Å². The van der Waals surface area contributed by atoms with Crippen LogP contribution in [0.5, 0.6) is 5.75 Å². The van der Waals surface area contributed by atoms with Crippen LogP contribution in [0.2, 0.25) is 0 Å². The van der Waals surface area contributed by atoms with Gasteiger partial charge in [-0.3, -0.25) is 4.79 Å². The molecule has 0 aliphatic rings. The number of ether oxygens (including phenoxy) is 1. The lowest BCUT2D eigenvalue weighted by Gasteiger charge is -2.12. The molecule has 0 aliphatic heterocycles. The van der Waals surface area contributed by atoms with Gasteiger partial charge in [-0.05, 0) is 24.6 Å². The van der Waals surface area contributed by atoms with Crippen molar-refractivity contribution in [1.82, 2.24) is 0 Å². The lowest BCUT2D eigenvalue weighted by molar-refractivity contribution is -0.119. The smallest absolute Gasteiger partial charge is 0.227 e. The summed E-state index contributed by atoms with van der Waals surface area (Å²) in [5, 5.41) is 2.82. The molecule has 1 radical (unpaired) electrons. The quantitative estimate of drug-likeness (QED) is 0.821. The van der Waals surface area contributed by atoms with Gasteiger partial charge in [0, 0.05) is 5.92 Å². The van der Waals surface area contributed by atoms with E-state index in [-0.39, 0.29) is 11.8 Å². The maximum atomic E-state index is 11.6. The van der Waals surface area contributed by atoms with Crippen LogP contribution < -0.4 is 10.1 Å². The monoisotopic (exact) mass is 206 g/mol. The molecule has 1 unspecified atom stereocenters. The van der Waals surface area contributed by atoms with Crippen LogP contribution in [0.25, 0.3) is 0 Å². The van der Waals surface area contributed by atoms with Gasteiger partial charge >= 0.3 is 0 Å². The minimum Gasteiger partial charge on any atom is -0.495 e. The van der Waals surface area contributed by atoms with Crippen molar-refractivity contribution in [2.45, 2.75) is 20.3 Å². The number of carbonyl (C=O) groups is 1. The van der Waals surface area contributed by atoms with Crippen molar-refractivity contribution in [2.24, 2.45) is 5.92 Å². The molecule has 1 aromatic carbocycles. The van der Waals surface area contributed by atoms with Crippen molar-refractivity contribution in [3.05, 3.63) is 24.3 Å². The van der Waals surface area contributed by atoms with Gasteiger partial charge in [-0.1, -0.05) is 19.9 Å². The van der Waals surface area contributed by atoms with Gasteiger partial charge in [0.1, 0.15) is 5.75 Å². The second-order valence-corrected chi connectivity index (χ2v) is 3.42. The van der Waals surface area contributed by atoms with Crippen molar-refractivity contribution in [2.75, 3.05) is 12.4 Å². The van der Waals surface area contributed by atoms with Gasteiger partial charge in [0.15, 0.2) is 0 Å². The molecule has 1 N–H and O–H groups in total. The summed E-state index contributed by atoms with van der Waals surface area (Å²) in [7, 11) is 1.58. The first kappa shape index (κ1) is 11.6. The number of rotatable bonds is 4. The number of nitrogens with one attached hydrogen (secondary N) is 1. The zero-order valence-electron chi connectivity index (χ0n) is 9.33. The van der Waals surface area contributed by atoms with Crippen LogP contribution in [-0.2, 0) is 4.79 Å². The highest BCUT2D eigenvalue weighted by molar-refractivity contribution is 5.93. The second kappa shape index (κ2) is 5.39. The van der Waals surface area contributed by atoms with Gasteiger partial charge < -0.3 is 10.1 Å². The number of methoxy groups -OCH3 is 1. The molecule has 1 aromatic rings. The van der Waals surface area contributed by atoms with Gasteiger partial charge in [-0.15, -0.1) is 0 Å². The van der Waals surface area contributed by atoms with Gasteiger partial charge in [0.2, 0.25) is 5.91 Å². The molecule has 0 spiro atoms. The molecule has 0 bridgehead atoms. The third-order valence-electron chi connectivity index (χ3n) is 2.36. The van der Waals surface area contributed by atoms with E-state index in [1.54, 1.807) is 25.3 Å². The summed E-state index contributed by atoms with van der Waals surface area (Å²) in [6, 6.07) is 8.13. The van der Waals surface area contributed by atoms with E-state index in [9.17, 15) is 4.79 Å². The van der Waals surface area contributed by atoms with E-state index in [1.807, 2.05) is 13.8 Å². The van der Waals surface area contributed by atoms with E-state index in [4.69, 9.17) is 4.74 Å². The van der Waals surface area contributed by atoms with E-state index < -0.39 is 0 Å². The summed E-state index contributed by atoms with van der Waals surface area (Å²) < 4.78 is 5.12. The summed E-state index contributed by atoms with van der Waals surface area (Å²) in [5.74, 6) is 0.677. The molecule has 1 amide bonds. The van der Waals surface area contributed by atoms with E-state index in [1.165, 1.54) is 0 Å². The van der Waals surface area contributed by atoms with Crippen LogP contribution >= 0.6 is 0 Å². The zero-order chi connectivity index (χ0) is 11.3. The fourth-order valence-corrected chi connectivity index (χ4v) is 1.13. The van der Waals surface area contributed by atoms with Crippen LogP contribution in [0, 0.1) is 12.0 Å². The molecule has 0 aromatic heterocycles. The van der Waals surface area contributed by atoms with Crippen LogP contribution in [0.4, 0.5) is 5.69 Å². The molecule has 15 heavy (non-hydrogen) atoms. The lowest BCUT2D eigenvalue weighted by atomic mass is 10.1. The maximum Gasteiger partial charge on any atom is 0.227 e. The standard InChI is InChI=1S/C12H16NO2/c1-4-9(2)12(14)13-10-7-5-6-8-11(10)15-3/h6-9H,4H2,1-3H3,(H,13,14). The first-order chi connectivity index (χ1) is 7.19. The Balaban J connectivity index is 2.76. The Hall–Kier alpha value is -1.51. The Labute approximate surface area is 90.4 Å². The highest BCUT2D eigenvalue weighted by atomic mass is 16.5. The number of amides is 1. The Bertz CT molecular complexity index is 336. The fraction of sp³-hybridized carbons (Fsp3) is 0.417. The number of hydrogen-bond donors (Lipinski definition) is 1. The first-order valence-electron chi connectivity index (χ1n) is 5.04. The number of benzene rings is 1. The largest absolute Gasteiger partial charge is 0.495 e. The molecular formula is C12H16NO2. The molecule has 3 heteroatoms. The first-order valence-corrected chi connectivity index (χ1v) is 5.04. The Morgan fingerprint density at radius 1 is 1.67 bits per heavy atom. The molecule has 0 saturated carbocycles. The Kier molecular flexibility index (Phi) is 4.16. The number of anilines is 1. The molecule has 1 rings (SSSR count). The van der Waals surface area contributed by atoms with Crippen molar-refractivity contribution in [1.29, 1.82) is 0 Å². The van der Waals surface area contributed by atoms with Crippen LogP contribution in [-0.4, -0.2) is 13.0 Å². The van der Waals surface area contributed by atoms with Crippen LogP contribution in [0.15, 0.2) is 18.2 Å². The average Bonchev–Trinajstić information content (AvgIpc) is 2.28. The molecule has 0 saturated heterocycles. The highest BCUT2D eigenvalue weighted by Gasteiger charge is 2.12. The highest BCUT2D eigenvalue weighted by Crippen LogP contribution is 2.23. The van der Waals surface area contributed by atoms with Crippen molar-refractivity contribution < 1.29 is 9.53 Å². The van der Waals surface area contributed by atoms with Crippen LogP contribution in [0.3, 0.4) is 0 Å². The van der Waals surface area contributed by atoms with E-state index in [2.05, 4.69) is 11.4 Å². The fourth-order valence-electron chi connectivity index (χ4n) is 1.13. The zero-order valence-corrected chi connectivity index (χ0v) is 9.33. The van der Waals surface area contributed by atoms with Gasteiger partial charge in [-0.2, -0.15) is 0 Å². The lowest BCUT2D eigenvalue weighted by Crippen LogP contribution is -2.19. The van der Waals surface area contributed by atoms with Crippen molar-refractivity contribution in [3.63, 3.8) is 0 Å². The van der Waals surface area contributed by atoms with E-state index in [0.717, 1.165) is 6.42 Å². The molecule has 0 fully saturated rings. The number of carbonyl (C=O) groups excluding carboxylic acids is 1.